The summed E-state index contributed by atoms with van der Waals surface area (Å²) in [7, 11) is 0. The number of aliphatic carboxylic acids is 1. The van der Waals surface area contributed by atoms with Crippen LogP contribution in [0.3, 0.4) is 0 Å². The van der Waals surface area contributed by atoms with Crippen LogP contribution in [0.5, 0.6) is 0 Å². The molecule has 0 aliphatic heterocycles. The standard InChI is InChI=1S/C14H19NO4/c1-9-7-8-19-12(9)13(16)15-11-6-4-2-3-5-10(11)14(17)18/h7-8,10-11H,2-6H2,1H3,(H,15,16)(H,17,18). The Hall–Kier alpha value is -1.78. The third-order valence-corrected chi connectivity index (χ3v) is 3.72. The van der Waals surface area contributed by atoms with Crippen molar-refractivity contribution in [3.05, 3.63) is 23.7 Å². The monoisotopic (exact) mass is 265 g/mol. The number of carboxylic acid groups (broad SMARTS) is 1. The minimum atomic E-state index is -0.830. The SMILES string of the molecule is Cc1ccoc1C(=O)NC1CCCCCC1C(=O)O. The zero-order valence-corrected chi connectivity index (χ0v) is 11.0. The first kappa shape index (κ1) is 13.6. The predicted molar refractivity (Wildman–Crippen MR) is 68.9 cm³/mol. The van der Waals surface area contributed by atoms with Crippen LogP contribution in [-0.2, 0) is 4.79 Å². The molecule has 0 saturated heterocycles. The van der Waals surface area contributed by atoms with Crippen LogP contribution in [0.15, 0.2) is 16.7 Å². The maximum atomic E-state index is 12.1. The molecule has 1 heterocycles. The number of nitrogens with one attached hydrogen (secondary N) is 1. The van der Waals surface area contributed by atoms with Gasteiger partial charge < -0.3 is 14.8 Å². The summed E-state index contributed by atoms with van der Waals surface area (Å²) in [6.45, 7) is 1.79. The van der Waals surface area contributed by atoms with Crippen molar-refractivity contribution in [1.29, 1.82) is 0 Å². The van der Waals surface area contributed by atoms with Crippen LogP contribution in [0.2, 0.25) is 0 Å². The van der Waals surface area contributed by atoms with E-state index in [1.807, 2.05) is 0 Å². The molecule has 5 heteroatoms. The molecular formula is C14H19NO4. The van der Waals surface area contributed by atoms with E-state index in [0.717, 1.165) is 24.8 Å². The van der Waals surface area contributed by atoms with Gasteiger partial charge in [-0.1, -0.05) is 19.3 Å². The topological polar surface area (TPSA) is 79.5 Å². The van der Waals surface area contributed by atoms with E-state index in [1.165, 1.54) is 6.26 Å². The average molecular weight is 265 g/mol. The Morgan fingerprint density at radius 2 is 2.05 bits per heavy atom. The average Bonchev–Trinajstić information content (AvgIpc) is 2.65. The molecule has 1 aromatic rings. The van der Waals surface area contributed by atoms with Gasteiger partial charge in [-0.3, -0.25) is 9.59 Å². The molecule has 19 heavy (non-hydrogen) atoms. The quantitative estimate of drug-likeness (QED) is 0.822. The summed E-state index contributed by atoms with van der Waals surface area (Å²) in [5.41, 5.74) is 0.762. The van der Waals surface area contributed by atoms with Crippen molar-refractivity contribution in [2.45, 2.75) is 45.1 Å². The number of carbonyl (C=O) groups excluding carboxylic acids is 1. The fourth-order valence-electron chi connectivity index (χ4n) is 2.62. The highest BCUT2D eigenvalue weighted by Crippen LogP contribution is 2.24. The Kier molecular flexibility index (Phi) is 4.24. The Bertz CT molecular complexity index is 466. The number of amides is 1. The molecule has 2 rings (SSSR count). The number of hydrogen-bond donors (Lipinski definition) is 2. The number of aryl methyl sites for hydroxylation is 1. The molecule has 2 N–H and O–H groups in total. The van der Waals surface area contributed by atoms with E-state index in [0.29, 0.717) is 12.8 Å². The molecule has 104 valence electrons. The van der Waals surface area contributed by atoms with Crippen molar-refractivity contribution in [3.63, 3.8) is 0 Å². The van der Waals surface area contributed by atoms with Crippen LogP contribution in [-0.4, -0.2) is 23.0 Å². The third-order valence-electron chi connectivity index (χ3n) is 3.72. The van der Waals surface area contributed by atoms with E-state index in [4.69, 9.17) is 4.42 Å². The van der Waals surface area contributed by atoms with Crippen molar-refractivity contribution in [2.75, 3.05) is 0 Å². The van der Waals surface area contributed by atoms with E-state index >= 15 is 0 Å². The van der Waals surface area contributed by atoms with Crippen molar-refractivity contribution in [1.82, 2.24) is 5.32 Å². The summed E-state index contributed by atoms with van der Waals surface area (Å²) < 4.78 is 5.14. The number of furan rings is 1. The molecule has 1 aliphatic rings. The predicted octanol–water partition coefficient (Wildman–Crippen LogP) is 2.35. The number of hydrogen-bond acceptors (Lipinski definition) is 3. The van der Waals surface area contributed by atoms with Gasteiger partial charge in [0.25, 0.3) is 5.91 Å². The van der Waals surface area contributed by atoms with Crippen LogP contribution < -0.4 is 5.32 Å². The van der Waals surface area contributed by atoms with Crippen molar-refractivity contribution in [3.8, 4) is 0 Å². The van der Waals surface area contributed by atoms with Crippen LogP contribution in [0.1, 0.15) is 48.2 Å². The van der Waals surface area contributed by atoms with Gasteiger partial charge in [0.05, 0.1) is 12.2 Å². The van der Waals surface area contributed by atoms with Gasteiger partial charge in [-0.15, -0.1) is 0 Å². The minimum Gasteiger partial charge on any atom is -0.481 e. The first-order valence-electron chi connectivity index (χ1n) is 6.67. The van der Waals surface area contributed by atoms with Crippen molar-refractivity contribution >= 4 is 11.9 Å². The Balaban J connectivity index is 2.08. The summed E-state index contributed by atoms with van der Waals surface area (Å²) in [6, 6.07) is 1.41. The highest BCUT2D eigenvalue weighted by molar-refractivity contribution is 5.93. The second-order valence-electron chi connectivity index (χ2n) is 5.10. The highest BCUT2D eigenvalue weighted by atomic mass is 16.4. The van der Waals surface area contributed by atoms with Crippen molar-refractivity contribution in [2.24, 2.45) is 5.92 Å². The Morgan fingerprint density at radius 1 is 1.32 bits per heavy atom. The van der Waals surface area contributed by atoms with E-state index < -0.39 is 11.9 Å². The summed E-state index contributed by atoms with van der Waals surface area (Å²) >= 11 is 0. The zero-order valence-electron chi connectivity index (χ0n) is 11.0. The molecule has 0 spiro atoms. The summed E-state index contributed by atoms with van der Waals surface area (Å²) in [5.74, 6) is -1.38. The smallest absolute Gasteiger partial charge is 0.308 e. The number of rotatable bonds is 3. The zero-order chi connectivity index (χ0) is 13.8. The Morgan fingerprint density at radius 3 is 2.68 bits per heavy atom. The second kappa shape index (κ2) is 5.91. The third kappa shape index (κ3) is 3.16. The molecule has 1 fully saturated rings. The van der Waals surface area contributed by atoms with Gasteiger partial charge in [0.2, 0.25) is 0 Å². The molecule has 1 saturated carbocycles. The molecule has 0 aromatic carbocycles. The maximum Gasteiger partial charge on any atom is 0.308 e. The first-order chi connectivity index (χ1) is 9.09. The normalized spacial score (nSPS) is 23.6. The molecular weight excluding hydrogens is 246 g/mol. The molecule has 2 unspecified atom stereocenters. The minimum absolute atomic E-state index is 0.272. The summed E-state index contributed by atoms with van der Waals surface area (Å²) in [6.07, 6.45) is 5.68. The van der Waals surface area contributed by atoms with E-state index in [-0.39, 0.29) is 17.7 Å². The number of carboxylic acids is 1. The molecule has 0 bridgehead atoms. The number of carbonyl (C=O) groups is 2. The van der Waals surface area contributed by atoms with Crippen LogP contribution in [0.25, 0.3) is 0 Å². The Labute approximate surface area is 112 Å². The lowest BCUT2D eigenvalue weighted by atomic mass is 9.95. The van der Waals surface area contributed by atoms with Gasteiger partial charge >= 0.3 is 5.97 Å². The van der Waals surface area contributed by atoms with Crippen LogP contribution in [0.4, 0.5) is 0 Å². The molecule has 1 amide bonds. The molecule has 1 aliphatic carbocycles. The van der Waals surface area contributed by atoms with Gasteiger partial charge in [0, 0.05) is 11.6 Å². The molecule has 0 radical (unpaired) electrons. The van der Waals surface area contributed by atoms with Crippen LogP contribution in [0, 0.1) is 12.8 Å². The van der Waals surface area contributed by atoms with E-state index in [9.17, 15) is 14.7 Å². The highest BCUT2D eigenvalue weighted by Gasteiger charge is 2.31. The lowest BCUT2D eigenvalue weighted by molar-refractivity contribution is -0.142. The van der Waals surface area contributed by atoms with E-state index in [1.54, 1.807) is 13.0 Å². The second-order valence-corrected chi connectivity index (χ2v) is 5.10. The lowest BCUT2D eigenvalue weighted by Gasteiger charge is -2.22. The van der Waals surface area contributed by atoms with Crippen molar-refractivity contribution < 1.29 is 19.1 Å². The maximum absolute atomic E-state index is 12.1. The summed E-state index contributed by atoms with van der Waals surface area (Å²) in [4.78, 5) is 23.4. The summed E-state index contributed by atoms with van der Waals surface area (Å²) in [5, 5.41) is 12.1. The fraction of sp³-hybridized carbons (Fsp3) is 0.571. The van der Waals surface area contributed by atoms with Crippen LogP contribution >= 0.6 is 0 Å². The molecule has 1 aromatic heterocycles. The largest absolute Gasteiger partial charge is 0.481 e. The van der Waals surface area contributed by atoms with Gasteiger partial charge in [-0.25, -0.2) is 0 Å². The van der Waals surface area contributed by atoms with Gasteiger partial charge in [-0.05, 0) is 25.8 Å². The van der Waals surface area contributed by atoms with Gasteiger partial charge in [0.15, 0.2) is 5.76 Å². The van der Waals surface area contributed by atoms with E-state index in [2.05, 4.69) is 5.32 Å². The molecule has 5 nitrogen and oxygen atoms in total. The van der Waals surface area contributed by atoms with Gasteiger partial charge in [0.1, 0.15) is 0 Å². The molecule has 2 atom stereocenters. The lowest BCUT2D eigenvalue weighted by Crippen LogP contribution is -2.42. The first-order valence-corrected chi connectivity index (χ1v) is 6.67. The van der Waals surface area contributed by atoms with Gasteiger partial charge in [-0.2, -0.15) is 0 Å². The fourth-order valence-corrected chi connectivity index (χ4v) is 2.62.